The van der Waals surface area contributed by atoms with Crippen molar-refractivity contribution in [2.24, 2.45) is 11.3 Å². The van der Waals surface area contributed by atoms with Crippen LogP contribution in [0.3, 0.4) is 0 Å². The summed E-state index contributed by atoms with van der Waals surface area (Å²) in [4.78, 5) is 14.5. The van der Waals surface area contributed by atoms with Crippen LogP contribution < -0.4 is 5.32 Å². The van der Waals surface area contributed by atoms with Gasteiger partial charge in [-0.25, -0.2) is 0 Å². The van der Waals surface area contributed by atoms with E-state index in [0.29, 0.717) is 0 Å². The van der Waals surface area contributed by atoms with Gasteiger partial charge in [-0.3, -0.25) is 4.79 Å². The lowest BCUT2D eigenvalue weighted by Crippen LogP contribution is -2.24. The minimum atomic E-state index is 0.178. The standard InChI is InChI=1S/C17H24N2O2/c1-19(2)12-13-3-5-14(6-4-13)18-16(20)15-11-17(15)7-9-21-10-8-17/h3-6,15H,7-12H2,1-2H3,(H,18,20). The molecule has 1 heterocycles. The molecular formula is C17H24N2O2. The summed E-state index contributed by atoms with van der Waals surface area (Å²) in [5, 5.41) is 3.06. The zero-order chi connectivity index (χ0) is 14.9. The van der Waals surface area contributed by atoms with Gasteiger partial charge in [0.2, 0.25) is 5.91 Å². The van der Waals surface area contributed by atoms with E-state index in [0.717, 1.165) is 44.7 Å². The highest BCUT2D eigenvalue weighted by Crippen LogP contribution is 2.59. The van der Waals surface area contributed by atoms with Crippen LogP contribution in [-0.2, 0) is 16.1 Å². The quantitative estimate of drug-likeness (QED) is 0.925. The maximum absolute atomic E-state index is 12.4. The molecule has 0 radical (unpaired) electrons. The van der Waals surface area contributed by atoms with Gasteiger partial charge in [0.15, 0.2) is 0 Å². The van der Waals surface area contributed by atoms with E-state index in [-0.39, 0.29) is 17.2 Å². The topological polar surface area (TPSA) is 41.6 Å². The summed E-state index contributed by atoms with van der Waals surface area (Å²) in [6.07, 6.45) is 3.10. The summed E-state index contributed by atoms with van der Waals surface area (Å²) in [6, 6.07) is 8.14. The van der Waals surface area contributed by atoms with Crippen molar-refractivity contribution in [2.75, 3.05) is 32.6 Å². The smallest absolute Gasteiger partial charge is 0.228 e. The lowest BCUT2D eigenvalue weighted by atomic mass is 9.93. The van der Waals surface area contributed by atoms with Gasteiger partial charge in [-0.1, -0.05) is 12.1 Å². The molecule has 1 aliphatic heterocycles. The summed E-state index contributed by atoms with van der Waals surface area (Å²) >= 11 is 0. The van der Waals surface area contributed by atoms with Gasteiger partial charge in [0.1, 0.15) is 0 Å². The maximum atomic E-state index is 12.4. The van der Waals surface area contributed by atoms with Crippen LogP contribution in [-0.4, -0.2) is 38.1 Å². The average molecular weight is 288 g/mol. The van der Waals surface area contributed by atoms with E-state index in [9.17, 15) is 4.79 Å². The number of hydrogen-bond donors (Lipinski definition) is 1. The van der Waals surface area contributed by atoms with Crippen LogP contribution in [0.5, 0.6) is 0 Å². The fraction of sp³-hybridized carbons (Fsp3) is 0.588. The molecule has 114 valence electrons. The molecule has 0 bridgehead atoms. The number of benzene rings is 1. The Bertz CT molecular complexity index is 504. The molecule has 4 heteroatoms. The number of nitrogens with one attached hydrogen (secondary N) is 1. The van der Waals surface area contributed by atoms with Gasteiger partial charge in [-0.05, 0) is 56.5 Å². The third-order valence-electron chi connectivity index (χ3n) is 4.72. The van der Waals surface area contributed by atoms with Gasteiger partial charge in [0, 0.05) is 31.4 Å². The van der Waals surface area contributed by atoms with Crippen molar-refractivity contribution >= 4 is 11.6 Å². The monoisotopic (exact) mass is 288 g/mol. The predicted octanol–water partition coefficient (Wildman–Crippen LogP) is 2.50. The Hall–Kier alpha value is -1.39. The van der Waals surface area contributed by atoms with Crippen LogP contribution in [0.1, 0.15) is 24.8 Å². The highest BCUT2D eigenvalue weighted by molar-refractivity contribution is 5.95. The lowest BCUT2D eigenvalue weighted by Gasteiger charge is -2.22. The largest absolute Gasteiger partial charge is 0.381 e. The van der Waals surface area contributed by atoms with Crippen LogP contribution in [0.4, 0.5) is 5.69 Å². The number of ether oxygens (including phenoxy) is 1. The summed E-state index contributed by atoms with van der Waals surface area (Å²) in [5.41, 5.74) is 2.40. The second-order valence-electron chi connectivity index (χ2n) is 6.66. The molecule has 1 unspecified atom stereocenters. The van der Waals surface area contributed by atoms with E-state index in [1.807, 2.05) is 12.1 Å². The molecule has 1 spiro atoms. The summed E-state index contributed by atoms with van der Waals surface area (Å²) in [6.45, 7) is 2.53. The molecule has 1 amide bonds. The number of nitrogens with zero attached hydrogens (tertiary/aromatic N) is 1. The first kappa shape index (κ1) is 14.5. The third kappa shape index (κ3) is 3.27. The normalized spacial score (nSPS) is 23.3. The first-order chi connectivity index (χ1) is 10.1. The summed E-state index contributed by atoms with van der Waals surface area (Å²) < 4.78 is 5.40. The van der Waals surface area contributed by atoms with Gasteiger partial charge in [-0.2, -0.15) is 0 Å². The Balaban J connectivity index is 1.56. The Morgan fingerprint density at radius 3 is 2.57 bits per heavy atom. The van der Waals surface area contributed by atoms with Crippen molar-refractivity contribution < 1.29 is 9.53 Å². The van der Waals surface area contributed by atoms with E-state index in [1.54, 1.807) is 0 Å². The predicted molar refractivity (Wildman–Crippen MR) is 83.1 cm³/mol. The van der Waals surface area contributed by atoms with Crippen molar-refractivity contribution in [3.8, 4) is 0 Å². The van der Waals surface area contributed by atoms with Gasteiger partial charge >= 0.3 is 0 Å². The number of anilines is 1. The molecule has 4 nitrogen and oxygen atoms in total. The zero-order valence-electron chi connectivity index (χ0n) is 12.9. The van der Waals surface area contributed by atoms with E-state index >= 15 is 0 Å². The first-order valence-corrected chi connectivity index (χ1v) is 7.71. The van der Waals surface area contributed by atoms with Gasteiger partial charge < -0.3 is 15.0 Å². The van der Waals surface area contributed by atoms with Crippen LogP contribution in [0, 0.1) is 11.3 Å². The van der Waals surface area contributed by atoms with Crippen molar-refractivity contribution in [1.29, 1.82) is 0 Å². The minimum Gasteiger partial charge on any atom is -0.381 e. The van der Waals surface area contributed by atoms with E-state index < -0.39 is 0 Å². The van der Waals surface area contributed by atoms with Crippen LogP contribution >= 0.6 is 0 Å². The van der Waals surface area contributed by atoms with Crippen molar-refractivity contribution in [3.63, 3.8) is 0 Å². The molecular weight excluding hydrogens is 264 g/mol. The zero-order valence-corrected chi connectivity index (χ0v) is 12.9. The molecule has 2 aliphatic rings. The first-order valence-electron chi connectivity index (χ1n) is 7.71. The van der Waals surface area contributed by atoms with Crippen molar-refractivity contribution in [3.05, 3.63) is 29.8 Å². The molecule has 0 aromatic heterocycles. The second kappa shape index (κ2) is 5.78. The van der Waals surface area contributed by atoms with Crippen molar-refractivity contribution in [1.82, 2.24) is 4.90 Å². The summed E-state index contributed by atoms with van der Waals surface area (Å²) in [7, 11) is 4.10. The molecule has 1 aromatic rings. The Morgan fingerprint density at radius 2 is 1.95 bits per heavy atom. The highest BCUT2D eigenvalue weighted by atomic mass is 16.5. The fourth-order valence-electron chi connectivity index (χ4n) is 3.34. The molecule has 1 saturated heterocycles. The lowest BCUT2D eigenvalue weighted by molar-refractivity contribution is -0.118. The van der Waals surface area contributed by atoms with Crippen LogP contribution in [0.2, 0.25) is 0 Å². The molecule has 1 N–H and O–H groups in total. The average Bonchev–Trinajstić information content (AvgIpc) is 3.15. The molecule has 21 heavy (non-hydrogen) atoms. The Kier molecular flexibility index (Phi) is 4.00. The second-order valence-corrected chi connectivity index (χ2v) is 6.66. The van der Waals surface area contributed by atoms with Crippen LogP contribution in [0.25, 0.3) is 0 Å². The van der Waals surface area contributed by atoms with Crippen molar-refractivity contribution in [2.45, 2.75) is 25.8 Å². The van der Waals surface area contributed by atoms with Gasteiger partial charge in [0.25, 0.3) is 0 Å². The SMILES string of the molecule is CN(C)Cc1ccc(NC(=O)C2CC23CCOCC3)cc1. The maximum Gasteiger partial charge on any atom is 0.228 e. The third-order valence-corrected chi connectivity index (χ3v) is 4.72. The molecule has 1 atom stereocenters. The number of rotatable bonds is 4. The molecule has 2 fully saturated rings. The van der Waals surface area contributed by atoms with E-state index in [2.05, 4.69) is 36.4 Å². The fourth-order valence-corrected chi connectivity index (χ4v) is 3.34. The molecule has 1 aromatic carbocycles. The number of amides is 1. The van der Waals surface area contributed by atoms with Gasteiger partial charge in [0.05, 0.1) is 0 Å². The van der Waals surface area contributed by atoms with Crippen LogP contribution in [0.15, 0.2) is 24.3 Å². The minimum absolute atomic E-state index is 0.178. The van der Waals surface area contributed by atoms with E-state index in [1.165, 1.54) is 5.56 Å². The van der Waals surface area contributed by atoms with Gasteiger partial charge in [-0.15, -0.1) is 0 Å². The Morgan fingerprint density at radius 1 is 1.29 bits per heavy atom. The molecule has 1 saturated carbocycles. The Labute approximate surface area is 126 Å². The highest BCUT2D eigenvalue weighted by Gasteiger charge is 2.57. The summed E-state index contributed by atoms with van der Waals surface area (Å²) in [5.74, 6) is 0.361. The number of carbonyl (C=O) groups excluding carboxylic acids is 1. The number of carbonyl (C=O) groups is 1. The molecule has 1 aliphatic carbocycles. The van der Waals surface area contributed by atoms with E-state index in [4.69, 9.17) is 4.74 Å². The molecule has 3 rings (SSSR count). The number of hydrogen-bond acceptors (Lipinski definition) is 3.